The first-order valence-electron chi connectivity index (χ1n) is 1.08. The molecule has 0 rings (SSSR count). The Morgan fingerprint density at radius 3 is 1.40 bits per heavy atom. The Morgan fingerprint density at radius 2 is 1.40 bits per heavy atom. The monoisotopic (exact) mass is 100 g/mol. The van der Waals surface area contributed by atoms with Crippen LogP contribution in [0.3, 0.4) is 0 Å². The van der Waals surface area contributed by atoms with E-state index in [9.17, 15) is 4.89 Å². The zero-order chi connectivity index (χ0) is 3.58. The van der Waals surface area contributed by atoms with Crippen molar-refractivity contribution in [2.75, 3.05) is 13.3 Å². The standard InChI is InChI=1S/C2H6OP.Na/c1-4(2)3;/h1-2H3;/q-1;+1. The van der Waals surface area contributed by atoms with E-state index in [4.69, 9.17) is 0 Å². The third-order valence-corrected chi connectivity index (χ3v) is 0. The van der Waals surface area contributed by atoms with Crippen LogP contribution in [0.25, 0.3) is 0 Å². The fourth-order valence-corrected chi connectivity index (χ4v) is 0. The second kappa shape index (κ2) is 5.39. The molecule has 0 bridgehead atoms. The van der Waals surface area contributed by atoms with Crippen LogP contribution in [0.5, 0.6) is 0 Å². The van der Waals surface area contributed by atoms with Crippen LogP contribution >= 0.6 is 8.15 Å². The summed E-state index contributed by atoms with van der Waals surface area (Å²) in [5.74, 6) is 0. The van der Waals surface area contributed by atoms with Gasteiger partial charge in [0.2, 0.25) is 0 Å². The van der Waals surface area contributed by atoms with Gasteiger partial charge in [0, 0.05) is 0 Å². The fourth-order valence-electron chi connectivity index (χ4n) is 0. The predicted molar refractivity (Wildman–Crippen MR) is 18.8 cm³/mol. The van der Waals surface area contributed by atoms with Gasteiger partial charge in [-0.3, -0.25) is 0 Å². The van der Waals surface area contributed by atoms with E-state index in [-0.39, 0.29) is 29.6 Å². The third kappa shape index (κ3) is 32.1. The summed E-state index contributed by atoms with van der Waals surface area (Å²) in [6.07, 6.45) is 0. The predicted octanol–water partition coefficient (Wildman–Crippen LogP) is -2.99. The van der Waals surface area contributed by atoms with Crippen LogP contribution in [-0.4, -0.2) is 13.3 Å². The molecule has 0 aliphatic rings. The first-order valence-corrected chi connectivity index (χ1v) is 3.23. The van der Waals surface area contributed by atoms with Gasteiger partial charge >= 0.3 is 29.6 Å². The summed E-state index contributed by atoms with van der Waals surface area (Å²) in [5, 5.41) is 0. The van der Waals surface area contributed by atoms with Gasteiger partial charge in [-0.05, 0) is 0 Å². The van der Waals surface area contributed by atoms with Crippen molar-refractivity contribution in [3.05, 3.63) is 0 Å². The first-order chi connectivity index (χ1) is 1.73. The molecule has 0 aromatic carbocycles. The van der Waals surface area contributed by atoms with Crippen molar-refractivity contribution in [1.29, 1.82) is 0 Å². The molecule has 0 aromatic heterocycles. The molecular weight excluding hydrogens is 94.0 g/mol. The van der Waals surface area contributed by atoms with Gasteiger partial charge in [-0.25, -0.2) is 8.15 Å². The van der Waals surface area contributed by atoms with Gasteiger partial charge in [0.15, 0.2) is 0 Å². The van der Waals surface area contributed by atoms with Gasteiger partial charge in [-0.15, -0.1) is 0 Å². The van der Waals surface area contributed by atoms with Crippen molar-refractivity contribution in [3.63, 3.8) is 0 Å². The summed E-state index contributed by atoms with van der Waals surface area (Å²) < 4.78 is 0. The number of hydrogen-bond donors (Lipinski definition) is 0. The molecule has 0 aromatic rings. The van der Waals surface area contributed by atoms with Crippen molar-refractivity contribution in [3.8, 4) is 0 Å². The summed E-state index contributed by atoms with van der Waals surface area (Å²) in [6, 6.07) is 0. The van der Waals surface area contributed by atoms with E-state index in [2.05, 4.69) is 0 Å². The minimum absolute atomic E-state index is 0. The minimum Gasteiger partial charge on any atom is -0.830 e. The van der Waals surface area contributed by atoms with Gasteiger partial charge in [-0.1, -0.05) is 13.3 Å². The van der Waals surface area contributed by atoms with Crippen molar-refractivity contribution in [2.45, 2.75) is 0 Å². The molecule has 3 heteroatoms. The van der Waals surface area contributed by atoms with Crippen LogP contribution in [0.15, 0.2) is 0 Å². The van der Waals surface area contributed by atoms with E-state index < -0.39 is 8.15 Å². The zero-order valence-electron chi connectivity index (χ0n) is 3.86. The Bertz CT molecular complexity index is 14.4. The summed E-state index contributed by atoms with van der Waals surface area (Å²) >= 11 is 0. The largest absolute Gasteiger partial charge is 1.00 e. The van der Waals surface area contributed by atoms with Crippen LogP contribution in [0, 0.1) is 0 Å². The molecule has 0 radical (unpaired) electrons. The van der Waals surface area contributed by atoms with E-state index in [1.54, 1.807) is 13.3 Å². The molecule has 0 aliphatic heterocycles. The van der Waals surface area contributed by atoms with Gasteiger partial charge in [0.25, 0.3) is 0 Å². The van der Waals surface area contributed by atoms with Gasteiger partial charge < -0.3 is 4.89 Å². The molecule has 0 amide bonds. The normalized spacial score (nSPS) is 7.20. The Labute approximate surface area is 55.9 Å². The summed E-state index contributed by atoms with van der Waals surface area (Å²) in [6.45, 7) is 3.35. The molecule has 0 aliphatic carbocycles. The molecule has 0 saturated heterocycles. The molecule has 1 nitrogen and oxygen atoms in total. The maximum atomic E-state index is 9.59. The van der Waals surface area contributed by atoms with Crippen LogP contribution in [0.2, 0.25) is 0 Å². The second-order valence-corrected chi connectivity index (χ2v) is 2.44. The van der Waals surface area contributed by atoms with E-state index >= 15 is 0 Å². The fraction of sp³-hybridized carbons (Fsp3) is 1.00. The van der Waals surface area contributed by atoms with Crippen molar-refractivity contribution in [2.24, 2.45) is 0 Å². The first kappa shape index (κ1) is 9.63. The Kier molecular flexibility index (Phi) is 10.4. The van der Waals surface area contributed by atoms with E-state index in [0.717, 1.165) is 0 Å². The molecule has 0 saturated carbocycles. The molecule has 0 fully saturated rings. The summed E-state index contributed by atoms with van der Waals surface area (Å²) in [4.78, 5) is 9.59. The molecule has 0 heterocycles. The van der Waals surface area contributed by atoms with Gasteiger partial charge in [-0.2, -0.15) is 0 Å². The maximum absolute atomic E-state index is 9.59. The van der Waals surface area contributed by atoms with Crippen molar-refractivity contribution in [1.82, 2.24) is 0 Å². The van der Waals surface area contributed by atoms with E-state index in [0.29, 0.717) is 0 Å². The number of hydrogen-bond acceptors (Lipinski definition) is 1. The molecule has 5 heavy (non-hydrogen) atoms. The van der Waals surface area contributed by atoms with Crippen molar-refractivity contribution < 1.29 is 34.5 Å². The van der Waals surface area contributed by atoms with Crippen LogP contribution in [0.1, 0.15) is 0 Å². The molecule has 0 N–H and O–H groups in total. The quantitative estimate of drug-likeness (QED) is 0.235. The zero-order valence-corrected chi connectivity index (χ0v) is 6.75. The average molecular weight is 100 g/mol. The Morgan fingerprint density at radius 1 is 1.40 bits per heavy atom. The van der Waals surface area contributed by atoms with Gasteiger partial charge in [0.1, 0.15) is 0 Å². The molecule has 0 unspecified atom stereocenters. The van der Waals surface area contributed by atoms with E-state index in [1.165, 1.54) is 0 Å². The van der Waals surface area contributed by atoms with Crippen molar-refractivity contribution >= 4 is 8.15 Å². The Hall–Kier alpha value is 1.39. The average Bonchev–Trinajstić information content (AvgIpc) is 0.811. The van der Waals surface area contributed by atoms with Gasteiger partial charge in [0.05, 0.1) is 0 Å². The maximum Gasteiger partial charge on any atom is 1.00 e. The summed E-state index contributed by atoms with van der Waals surface area (Å²) in [5.41, 5.74) is 0. The van der Waals surface area contributed by atoms with Crippen LogP contribution < -0.4 is 34.5 Å². The number of rotatable bonds is 0. The second-order valence-electron chi connectivity index (χ2n) is 0.812. The van der Waals surface area contributed by atoms with Crippen LogP contribution in [-0.2, 0) is 0 Å². The molecule has 0 spiro atoms. The third-order valence-electron chi connectivity index (χ3n) is 0. The van der Waals surface area contributed by atoms with Crippen LogP contribution in [0.4, 0.5) is 0 Å². The Balaban J connectivity index is 0. The molecule has 26 valence electrons. The molecule has 0 atom stereocenters. The molecular formula is C2H6NaOP. The SMILES string of the molecule is CP(C)[O-].[Na+]. The smallest absolute Gasteiger partial charge is 0.830 e. The summed E-state index contributed by atoms with van der Waals surface area (Å²) in [7, 11) is -0.870. The minimum atomic E-state index is -0.870. The van der Waals surface area contributed by atoms with E-state index in [1.807, 2.05) is 0 Å². The topological polar surface area (TPSA) is 23.1 Å².